The highest BCUT2D eigenvalue weighted by atomic mass is 32.1. The average Bonchev–Trinajstić information content (AvgIpc) is 3.08. The van der Waals surface area contributed by atoms with E-state index in [0.29, 0.717) is 11.6 Å². The van der Waals surface area contributed by atoms with Gasteiger partial charge in [0, 0.05) is 23.9 Å². The van der Waals surface area contributed by atoms with Gasteiger partial charge < -0.3 is 4.74 Å². The van der Waals surface area contributed by atoms with Gasteiger partial charge in [0.2, 0.25) is 0 Å². The van der Waals surface area contributed by atoms with Gasteiger partial charge in [-0.3, -0.25) is 4.68 Å². The van der Waals surface area contributed by atoms with Crippen LogP contribution in [-0.2, 0) is 11.8 Å². The Labute approximate surface area is 115 Å². The number of rotatable bonds is 3. The van der Waals surface area contributed by atoms with E-state index in [-0.39, 0.29) is 0 Å². The van der Waals surface area contributed by atoms with Gasteiger partial charge >= 0.3 is 5.97 Å². The molecule has 0 saturated heterocycles. The summed E-state index contributed by atoms with van der Waals surface area (Å²) in [5.41, 5.74) is 2.11. The summed E-state index contributed by atoms with van der Waals surface area (Å²) in [4.78, 5) is 17.4. The quantitative estimate of drug-likeness (QED) is 0.809. The zero-order valence-corrected chi connectivity index (χ0v) is 12.0. The maximum Gasteiger partial charge on any atom is 0.358 e. The van der Waals surface area contributed by atoms with Crippen molar-refractivity contribution in [3.8, 4) is 11.4 Å². The largest absolute Gasteiger partial charge is 0.464 e. The third-order valence-corrected chi connectivity index (χ3v) is 4.39. The number of methoxy groups -OCH3 is 1. The maximum absolute atomic E-state index is 11.5. The fourth-order valence-electron chi connectivity index (χ4n) is 2.05. The highest BCUT2D eigenvalue weighted by Crippen LogP contribution is 2.43. The molecular formula is C13H15N3O2S. The number of thiazole rings is 1. The van der Waals surface area contributed by atoms with Crippen LogP contribution in [0.1, 0.15) is 39.1 Å². The van der Waals surface area contributed by atoms with Crippen molar-refractivity contribution in [2.45, 2.75) is 25.7 Å². The third-order valence-electron chi connectivity index (χ3n) is 3.26. The zero-order chi connectivity index (χ0) is 13.6. The van der Waals surface area contributed by atoms with Crippen LogP contribution in [0.3, 0.4) is 0 Å². The molecule has 3 rings (SSSR count). The number of esters is 1. The smallest absolute Gasteiger partial charge is 0.358 e. The molecule has 0 atom stereocenters. The second kappa shape index (κ2) is 4.45. The van der Waals surface area contributed by atoms with Crippen LogP contribution in [0.5, 0.6) is 0 Å². The Kier molecular flexibility index (Phi) is 2.89. The molecule has 2 heterocycles. The Hall–Kier alpha value is -1.69. The standard InChI is InChI=1S/C13H15N3O2S/c1-7-11(14-12(19-7)8-4-5-8)10-6-9(13(17)18-3)15-16(10)2/h6,8H,4-5H2,1-3H3. The minimum Gasteiger partial charge on any atom is -0.464 e. The lowest BCUT2D eigenvalue weighted by molar-refractivity contribution is 0.0593. The summed E-state index contributed by atoms with van der Waals surface area (Å²) >= 11 is 1.74. The number of carbonyl (C=O) groups excluding carboxylic acids is 1. The molecule has 1 saturated carbocycles. The molecule has 2 aromatic rings. The van der Waals surface area contributed by atoms with Crippen LogP contribution in [0.15, 0.2) is 6.07 Å². The van der Waals surface area contributed by atoms with Gasteiger partial charge in [0.25, 0.3) is 0 Å². The van der Waals surface area contributed by atoms with Gasteiger partial charge in [-0.25, -0.2) is 9.78 Å². The van der Waals surface area contributed by atoms with Crippen molar-refractivity contribution < 1.29 is 9.53 Å². The highest BCUT2D eigenvalue weighted by Gasteiger charge is 2.28. The Morgan fingerprint density at radius 2 is 2.26 bits per heavy atom. The lowest BCUT2D eigenvalue weighted by atomic mass is 10.2. The van der Waals surface area contributed by atoms with Gasteiger partial charge in [-0.1, -0.05) is 0 Å². The first-order chi connectivity index (χ1) is 9.10. The molecule has 1 aliphatic carbocycles. The van der Waals surface area contributed by atoms with Gasteiger partial charge in [0.15, 0.2) is 5.69 Å². The van der Waals surface area contributed by atoms with Crippen molar-refractivity contribution in [1.29, 1.82) is 0 Å². The Bertz CT molecular complexity index is 640. The number of aromatic nitrogens is 3. The van der Waals surface area contributed by atoms with Crippen molar-refractivity contribution in [2.75, 3.05) is 7.11 Å². The predicted molar refractivity (Wildman–Crippen MR) is 72.4 cm³/mol. The average molecular weight is 277 g/mol. The second-order valence-electron chi connectivity index (χ2n) is 4.76. The minimum atomic E-state index is -0.419. The molecule has 1 aliphatic rings. The molecule has 0 spiro atoms. The molecule has 19 heavy (non-hydrogen) atoms. The third kappa shape index (κ3) is 2.16. The fraction of sp³-hybridized carbons (Fsp3) is 0.462. The van der Waals surface area contributed by atoms with E-state index in [1.54, 1.807) is 22.1 Å². The van der Waals surface area contributed by atoms with Crippen molar-refractivity contribution in [1.82, 2.24) is 14.8 Å². The van der Waals surface area contributed by atoms with Crippen LogP contribution in [0.4, 0.5) is 0 Å². The van der Waals surface area contributed by atoms with Crippen LogP contribution < -0.4 is 0 Å². The lowest BCUT2D eigenvalue weighted by Crippen LogP contribution is -2.03. The van der Waals surface area contributed by atoms with E-state index in [1.165, 1.54) is 29.8 Å². The topological polar surface area (TPSA) is 57.0 Å². The number of hydrogen-bond acceptors (Lipinski definition) is 5. The highest BCUT2D eigenvalue weighted by molar-refractivity contribution is 7.12. The van der Waals surface area contributed by atoms with E-state index in [2.05, 4.69) is 12.0 Å². The van der Waals surface area contributed by atoms with E-state index >= 15 is 0 Å². The summed E-state index contributed by atoms with van der Waals surface area (Å²) in [5.74, 6) is 0.225. The first-order valence-corrected chi connectivity index (χ1v) is 7.02. The first-order valence-electron chi connectivity index (χ1n) is 6.20. The molecule has 0 amide bonds. The zero-order valence-electron chi connectivity index (χ0n) is 11.1. The minimum absolute atomic E-state index is 0.320. The van der Waals surface area contributed by atoms with Crippen LogP contribution in [0, 0.1) is 6.92 Å². The van der Waals surface area contributed by atoms with Gasteiger partial charge in [-0.15, -0.1) is 11.3 Å². The van der Waals surface area contributed by atoms with E-state index in [1.807, 2.05) is 7.05 Å². The van der Waals surface area contributed by atoms with Crippen LogP contribution >= 0.6 is 11.3 Å². The van der Waals surface area contributed by atoms with Crippen molar-refractivity contribution in [2.24, 2.45) is 7.05 Å². The van der Waals surface area contributed by atoms with E-state index < -0.39 is 5.97 Å². The molecule has 0 bridgehead atoms. The van der Waals surface area contributed by atoms with Gasteiger partial charge in [0.05, 0.1) is 17.8 Å². The molecule has 0 radical (unpaired) electrons. The lowest BCUT2D eigenvalue weighted by Gasteiger charge is -1.97. The number of carbonyl (C=O) groups is 1. The Balaban J connectivity index is 2.01. The molecule has 0 aliphatic heterocycles. The van der Waals surface area contributed by atoms with E-state index in [0.717, 1.165) is 11.4 Å². The van der Waals surface area contributed by atoms with Crippen LogP contribution in [0.2, 0.25) is 0 Å². The van der Waals surface area contributed by atoms with Gasteiger partial charge in [0.1, 0.15) is 5.69 Å². The van der Waals surface area contributed by atoms with Crippen molar-refractivity contribution >= 4 is 17.3 Å². The molecule has 0 N–H and O–H groups in total. The molecule has 2 aromatic heterocycles. The van der Waals surface area contributed by atoms with Crippen molar-refractivity contribution in [3.05, 3.63) is 21.6 Å². The molecule has 6 heteroatoms. The predicted octanol–water partition coefficient (Wildman–Crippen LogP) is 2.52. The summed E-state index contributed by atoms with van der Waals surface area (Å²) in [6.45, 7) is 2.06. The van der Waals surface area contributed by atoms with Crippen LogP contribution in [0.25, 0.3) is 11.4 Å². The second-order valence-corrected chi connectivity index (χ2v) is 6.00. The summed E-state index contributed by atoms with van der Waals surface area (Å²) in [6.07, 6.45) is 2.48. The number of ether oxygens (including phenoxy) is 1. The van der Waals surface area contributed by atoms with E-state index in [9.17, 15) is 4.79 Å². The molecule has 0 aromatic carbocycles. The summed E-state index contributed by atoms with van der Waals surface area (Å²) < 4.78 is 6.38. The molecule has 5 nitrogen and oxygen atoms in total. The maximum atomic E-state index is 11.5. The Morgan fingerprint density at radius 3 is 2.89 bits per heavy atom. The molecule has 1 fully saturated rings. The number of aryl methyl sites for hydroxylation is 2. The monoisotopic (exact) mass is 277 g/mol. The summed E-state index contributed by atoms with van der Waals surface area (Å²) in [7, 11) is 3.17. The molecule has 100 valence electrons. The summed E-state index contributed by atoms with van der Waals surface area (Å²) in [5, 5.41) is 5.38. The van der Waals surface area contributed by atoms with Gasteiger partial charge in [-0.05, 0) is 19.8 Å². The van der Waals surface area contributed by atoms with Crippen molar-refractivity contribution in [3.63, 3.8) is 0 Å². The number of nitrogens with zero attached hydrogens (tertiary/aromatic N) is 3. The fourth-order valence-corrected chi connectivity index (χ4v) is 3.15. The summed E-state index contributed by atoms with van der Waals surface area (Å²) in [6, 6.07) is 1.74. The van der Waals surface area contributed by atoms with Gasteiger partial charge in [-0.2, -0.15) is 5.10 Å². The van der Waals surface area contributed by atoms with Crippen LogP contribution in [-0.4, -0.2) is 27.8 Å². The number of hydrogen-bond donors (Lipinski definition) is 0. The van der Waals surface area contributed by atoms with E-state index in [4.69, 9.17) is 9.72 Å². The SMILES string of the molecule is COC(=O)c1cc(-c2nc(C3CC3)sc2C)n(C)n1. The normalized spacial score (nSPS) is 14.7. The first kappa shape index (κ1) is 12.3. The molecule has 0 unspecified atom stereocenters. The molecular weight excluding hydrogens is 262 g/mol. The Morgan fingerprint density at radius 1 is 1.53 bits per heavy atom.